The summed E-state index contributed by atoms with van der Waals surface area (Å²) in [5.74, 6) is 0.684. The molecule has 0 spiro atoms. The molecule has 0 saturated carbocycles. The SMILES string of the molecule is CC(C)(C)NC[C@H](O)COc1nsnc1N1CC(CO[N+](=O)[O-])OC2C1C(C)(C)N(O)C2(C)C. The molecule has 2 aliphatic heterocycles. The van der Waals surface area contributed by atoms with E-state index < -0.39 is 34.5 Å². The summed E-state index contributed by atoms with van der Waals surface area (Å²) in [5.41, 5.74) is -1.69. The summed E-state index contributed by atoms with van der Waals surface area (Å²) in [6, 6.07) is -0.363. The minimum absolute atomic E-state index is 0.00873. The van der Waals surface area contributed by atoms with Crippen LogP contribution in [0.15, 0.2) is 0 Å². The van der Waals surface area contributed by atoms with E-state index in [0.717, 1.165) is 11.7 Å². The van der Waals surface area contributed by atoms with Gasteiger partial charge < -0.3 is 34.8 Å². The number of aliphatic hydroxyl groups is 1. The predicted molar refractivity (Wildman–Crippen MR) is 124 cm³/mol. The Kier molecular flexibility index (Phi) is 7.60. The largest absolute Gasteiger partial charge is 0.472 e. The Labute approximate surface area is 203 Å². The fraction of sp³-hybridized carbons (Fsp3) is 0.900. The monoisotopic (exact) mass is 504 g/mol. The summed E-state index contributed by atoms with van der Waals surface area (Å²) in [6.07, 6.45) is -1.93. The highest BCUT2D eigenvalue weighted by atomic mass is 32.1. The Morgan fingerprint density at radius 2 is 2.00 bits per heavy atom. The zero-order valence-electron chi connectivity index (χ0n) is 20.7. The van der Waals surface area contributed by atoms with Crippen LogP contribution in [-0.2, 0) is 9.57 Å². The first-order valence-corrected chi connectivity index (χ1v) is 11.9. The normalized spacial score (nSPS) is 27.3. The van der Waals surface area contributed by atoms with Gasteiger partial charge in [-0.2, -0.15) is 9.44 Å². The highest BCUT2D eigenvalue weighted by Gasteiger charge is 2.64. The van der Waals surface area contributed by atoms with Gasteiger partial charge in [-0.1, -0.05) is 0 Å². The molecule has 3 N–H and O–H groups in total. The molecule has 3 rings (SSSR count). The first kappa shape index (κ1) is 26.8. The molecule has 2 aliphatic rings. The van der Waals surface area contributed by atoms with Gasteiger partial charge in [0.05, 0.1) is 35.0 Å². The molecule has 14 heteroatoms. The van der Waals surface area contributed by atoms with Crippen molar-refractivity contribution in [2.75, 3.05) is 31.2 Å². The van der Waals surface area contributed by atoms with Crippen molar-refractivity contribution in [3.05, 3.63) is 10.1 Å². The van der Waals surface area contributed by atoms with E-state index in [2.05, 4.69) is 18.9 Å². The Hall–Kier alpha value is -1.84. The lowest BCUT2D eigenvalue weighted by Gasteiger charge is -2.46. The van der Waals surface area contributed by atoms with Crippen LogP contribution >= 0.6 is 11.7 Å². The number of anilines is 1. The number of hydrogen-bond donors (Lipinski definition) is 3. The molecule has 3 unspecified atom stereocenters. The van der Waals surface area contributed by atoms with Crippen molar-refractivity contribution in [1.29, 1.82) is 0 Å². The number of ether oxygens (including phenoxy) is 2. The lowest BCUT2D eigenvalue weighted by molar-refractivity contribution is -0.759. The fourth-order valence-electron chi connectivity index (χ4n) is 4.67. The Morgan fingerprint density at radius 3 is 2.62 bits per heavy atom. The van der Waals surface area contributed by atoms with Gasteiger partial charge >= 0.3 is 0 Å². The van der Waals surface area contributed by atoms with Crippen LogP contribution in [-0.4, -0.2) is 96.5 Å². The van der Waals surface area contributed by atoms with E-state index in [1.165, 1.54) is 5.06 Å². The van der Waals surface area contributed by atoms with Gasteiger partial charge in [-0.05, 0) is 48.5 Å². The quantitative estimate of drug-likeness (QED) is 0.325. The van der Waals surface area contributed by atoms with Gasteiger partial charge in [0.1, 0.15) is 25.4 Å². The minimum atomic E-state index is -0.853. The highest BCUT2D eigenvalue weighted by molar-refractivity contribution is 6.99. The lowest BCUT2D eigenvalue weighted by Crippen LogP contribution is -2.62. The topological polar surface area (TPSA) is 156 Å². The van der Waals surface area contributed by atoms with Crippen molar-refractivity contribution in [1.82, 2.24) is 19.1 Å². The third-order valence-corrected chi connectivity index (χ3v) is 6.74. The van der Waals surface area contributed by atoms with Gasteiger partial charge in [0.25, 0.3) is 11.0 Å². The van der Waals surface area contributed by atoms with Crippen LogP contribution in [0.1, 0.15) is 48.5 Å². The van der Waals surface area contributed by atoms with Gasteiger partial charge in [-0.15, -0.1) is 14.5 Å². The molecule has 194 valence electrons. The van der Waals surface area contributed by atoms with Gasteiger partial charge in [-0.3, -0.25) is 0 Å². The van der Waals surface area contributed by atoms with Gasteiger partial charge in [-0.25, -0.2) is 0 Å². The molecular formula is C20H36N6O7S. The average molecular weight is 505 g/mol. The number of rotatable bonds is 9. The molecule has 34 heavy (non-hydrogen) atoms. The molecule has 2 saturated heterocycles. The predicted octanol–water partition coefficient (Wildman–Crippen LogP) is 1.08. The second kappa shape index (κ2) is 9.66. The third-order valence-electron chi connectivity index (χ3n) is 6.23. The maximum absolute atomic E-state index is 11.0. The standard InChI is InChI=1S/C20H36N6O7S/c1-18(2,3)21-8-12(27)10-31-17-16(22-34-23-17)24-9-13(11-32-26(29)30)33-15-14(24)19(4,5)25(28)20(15,6)7/h12-15,21,27-28H,8-11H2,1-7H3/t12-,13?,14?,15?/m0/s1. The summed E-state index contributed by atoms with van der Waals surface area (Å²) in [4.78, 5) is 17.3. The van der Waals surface area contributed by atoms with Gasteiger partial charge in [0.2, 0.25) is 5.82 Å². The maximum atomic E-state index is 11.0. The molecule has 0 aliphatic carbocycles. The van der Waals surface area contributed by atoms with E-state index >= 15 is 0 Å². The first-order valence-electron chi connectivity index (χ1n) is 11.2. The van der Waals surface area contributed by atoms with E-state index in [9.17, 15) is 20.4 Å². The van der Waals surface area contributed by atoms with Gasteiger partial charge in [0, 0.05) is 18.6 Å². The Balaban J connectivity index is 1.83. The molecule has 13 nitrogen and oxygen atoms in total. The molecule has 4 atom stereocenters. The molecular weight excluding hydrogens is 468 g/mol. The number of hydrogen-bond acceptors (Lipinski definition) is 13. The second-order valence-electron chi connectivity index (χ2n) is 10.9. The van der Waals surface area contributed by atoms with E-state index in [0.29, 0.717) is 12.4 Å². The average Bonchev–Trinajstić information content (AvgIpc) is 3.25. The molecule has 1 aromatic heterocycles. The number of hydroxylamine groups is 2. The number of nitrogens with zero attached hydrogens (tertiary/aromatic N) is 5. The van der Waals surface area contributed by atoms with Crippen molar-refractivity contribution < 1.29 is 29.7 Å². The lowest BCUT2D eigenvalue weighted by atomic mass is 9.88. The molecule has 2 fully saturated rings. The van der Waals surface area contributed by atoms with E-state index in [1.807, 2.05) is 53.4 Å². The molecule has 0 amide bonds. The van der Waals surface area contributed by atoms with Crippen LogP contribution in [0.3, 0.4) is 0 Å². The van der Waals surface area contributed by atoms with Crippen molar-refractivity contribution >= 4 is 17.5 Å². The number of morpholine rings is 1. The molecule has 3 heterocycles. The maximum Gasteiger partial charge on any atom is 0.294 e. The van der Waals surface area contributed by atoms with E-state index in [1.54, 1.807) is 0 Å². The molecule has 0 bridgehead atoms. The summed E-state index contributed by atoms with van der Waals surface area (Å²) in [7, 11) is 0. The van der Waals surface area contributed by atoms with E-state index in [-0.39, 0.29) is 37.2 Å². The van der Waals surface area contributed by atoms with Crippen LogP contribution < -0.4 is 15.0 Å². The van der Waals surface area contributed by atoms with Crippen molar-refractivity contribution in [2.24, 2.45) is 0 Å². The summed E-state index contributed by atoms with van der Waals surface area (Å²) in [6.45, 7) is 13.8. The summed E-state index contributed by atoms with van der Waals surface area (Å²) in [5, 5.41) is 35.7. The zero-order chi connectivity index (χ0) is 25.5. The van der Waals surface area contributed by atoms with Crippen LogP contribution in [0.5, 0.6) is 5.88 Å². The Bertz CT molecular complexity index is 861. The summed E-state index contributed by atoms with van der Waals surface area (Å²) >= 11 is 0.963. The highest BCUT2D eigenvalue weighted by Crippen LogP contribution is 2.48. The fourth-order valence-corrected chi connectivity index (χ4v) is 5.18. The van der Waals surface area contributed by atoms with Crippen molar-refractivity contribution in [2.45, 2.75) is 89.4 Å². The van der Waals surface area contributed by atoms with Crippen molar-refractivity contribution in [3.8, 4) is 5.88 Å². The Morgan fingerprint density at radius 1 is 1.32 bits per heavy atom. The van der Waals surface area contributed by atoms with Crippen LogP contribution in [0.2, 0.25) is 0 Å². The molecule has 0 aromatic carbocycles. The van der Waals surface area contributed by atoms with Gasteiger partial charge in [0.15, 0.2) is 0 Å². The van der Waals surface area contributed by atoms with Crippen LogP contribution in [0, 0.1) is 10.1 Å². The minimum Gasteiger partial charge on any atom is -0.472 e. The number of aromatic nitrogens is 2. The summed E-state index contributed by atoms with van der Waals surface area (Å²) < 4.78 is 20.7. The van der Waals surface area contributed by atoms with Crippen molar-refractivity contribution in [3.63, 3.8) is 0 Å². The van der Waals surface area contributed by atoms with E-state index in [4.69, 9.17) is 9.47 Å². The third kappa shape index (κ3) is 5.52. The number of β-amino-alcohol motifs (C(OH)–C–C–N with tert-alkyl or cyclic N) is 1. The second-order valence-corrected chi connectivity index (χ2v) is 11.4. The number of aliphatic hydroxyl groups excluding tert-OH is 1. The molecule has 0 radical (unpaired) electrons. The van der Waals surface area contributed by atoms with Crippen LogP contribution in [0.25, 0.3) is 0 Å². The number of nitrogens with one attached hydrogen (secondary N) is 1. The smallest absolute Gasteiger partial charge is 0.294 e. The van der Waals surface area contributed by atoms with Crippen LogP contribution in [0.4, 0.5) is 5.82 Å². The number of fused-ring (bicyclic) bond motifs is 1. The first-order chi connectivity index (χ1) is 15.6. The molecule has 1 aromatic rings. The zero-order valence-corrected chi connectivity index (χ0v) is 21.5.